The van der Waals surface area contributed by atoms with Gasteiger partial charge in [-0.1, -0.05) is 37.5 Å². The lowest BCUT2D eigenvalue weighted by molar-refractivity contribution is 0.157. The Kier molecular flexibility index (Phi) is 5.01. The molecule has 1 aliphatic carbocycles. The van der Waals surface area contributed by atoms with Crippen molar-refractivity contribution in [2.24, 2.45) is 0 Å². The predicted molar refractivity (Wildman–Crippen MR) is 95.1 cm³/mol. The van der Waals surface area contributed by atoms with Crippen LogP contribution in [0.3, 0.4) is 0 Å². The number of rotatable bonds is 3. The predicted octanol–water partition coefficient (Wildman–Crippen LogP) is 2.67. The molecule has 1 aliphatic rings. The quantitative estimate of drug-likeness (QED) is 0.803. The molecule has 1 amide bonds. The second kappa shape index (κ2) is 7.21. The van der Waals surface area contributed by atoms with Crippen LogP contribution in [0.2, 0.25) is 0 Å². The third-order valence-corrected chi connectivity index (χ3v) is 5.02. The van der Waals surface area contributed by atoms with E-state index in [2.05, 4.69) is 10.4 Å². The molecule has 0 bridgehead atoms. The molecular weight excluding hydrogens is 318 g/mol. The molecule has 1 fully saturated rings. The van der Waals surface area contributed by atoms with Crippen molar-refractivity contribution in [2.45, 2.75) is 58.9 Å². The fourth-order valence-corrected chi connectivity index (χ4v) is 3.71. The molecule has 25 heavy (non-hydrogen) atoms. The van der Waals surface area contributed by atoms with E-state index >= 15 is 0 Å². The van der Waals surface area contributed by atoms with E-state index < -0.39 is 5.69 Å². The van der Waals surface area contributed by atoms with Crippen LogP contribution in [0.1, 0.15) is 50.2 Å². The first-order chi connectivity index (χ1) is 12.0. The Labute approximate surface area is 147 Å². The first-order valence-electron chi connectivity index (χ1n) is 8.97. The van der Waals surface area contributed by atoms with Crippen LogP contribution in [0.5, 0.6) is 0 Å². The standard InChI is InChI=1S/C18H25N5O2/c1-4-21(15-11-6-5-7-12-15)17(24)23-18(25)22(19-20-23)16-13(2)9-8-10-14(16)3/h8-10,15H,4-7,11-12H2,1-3H3. The summed E-state index contributed by atoms with van der Waals surface area (Å²) in [6.45, 7) is 6.33. The van der Waals surface area contributed by atoms with Gasteiger partial charge in [0.25, 0.3) is 0 Å². The molecule has 0 N–H and O–H groups in total. The largest absolute Gasteiger partial charge is 0.377 e. The summed E-state index contributed by atoms with van der Waals surface area (Å²) < 4.78 is 2.11. The molecule has 0 spiro atoms. The van der Waals surface area contributed by atoms with Crippen LogP contribution in [0, 0.1) is 13.8 Å². The van der Waals surface area contributed by atoms with E-state index in [1.54, 1.807) is 4.90 Å². The number of aryl methyl sites for hydroxylation is 2. The number of carbonyl (C=O) groups excluding carboxylic acids is 1. The van der Waals surface area contributed by atoms with Gasteiger partial charge >= 0.3 is 11.7 Å². The molecule has 7 nitrogen and oxygen atoms in total. The fraction of sp³-hybridized carbons (Fsp3) is 0.556. The average molecular weight is 343 g/mol. The Balaban J connectivity index is 1.95. The van der Waals surface area contributed by atoms with Gasteiger partial charge in [0.1, 0.15) is 0 Å². The van der Waals surface area contributed by atoms with Crippen LogP contribution < -0.4 is 5.69 Å². The smallest absolute Gasteiger partial charge is 0.320 e. The Hall–Kier alpha value is -2.44. The van der Waals surface area contributed by atoms with E-state index in [-0.39, 0.29) is 12.1 Å². The zero-order chi connectivity index (χ0) is 18.0. The van der Waals surface area contributed by atoms with Gasteiger partial charge in [-0.25, -0.2) is 9.59 Å². The molecule has 1 saturated carbocycles. The maximum Gasteiger partial charge on any atom is 0.377 e. The molecule has 0 radical (unpaired) electrons. The van der Waals surface area contributed by atoms with Crippen molar-refractivity contribution in [3.63, 3.8) is 0 Å². The number of nitrogens with zero attached hydrogens (tertiary/aromatic N) is 5. The number of tetrazole rings is 1. The van der Waals surface area contributed by atoms with Crippen molar-refractivity contribution in [3.05, 3.63) is 39.8 Å². The Morgan fingerprint density at radius 1 is 1.16 bits per heavy atom. The minimum Gasteiger partial charge on any atom is -0.320 e. The number of amides is 1. The third kappa shape index (κ3) is 3.23. The highest BCUT2D eigenvalue weighted by molar-refractivity contribution is 5.76. The number of carbonyl (C=O) groups is 1. The number of para-hydroxylation sites is 1. The topological polar surface area (TPSA) is 73.0 Å². The van der Waals surface area contributed by atoms with Crippen molar-refractivity contribution in [1.82, 2.24) is 24.7 Å². The van der Waals surface area contributed by atoms with Crippen LogP contribution in [-0.4, -0.2) is 43.3 Å². The van der Waals surface area contributed by atoms with Gasteiger partial charge < -0.3 is 4.90 Å². The van der Waals surface area contributed by atoms with Crippen LogP contribution in [0.4, 0.5) is 4.79 Å². The summed E-state index contributed by atoms with van der Waals surface area (Å²) in [5.41, 5.74) is 2.01. The highest BCUT2D eigenvalue weighted by atomic mass is 16.2. The molecule has 1 aromatic heterocycles. The molecule has 0 aliphatic heterocycles. The van der Waals surface area contributed by atoms with E-state index in [1.165, 1.54) is 11.1 Å². The monoisotopic (exact) mass is 343 g/mol. The lowest BCUT2D eigenvalue weighted by Crippen LogP contribution is -2.47. The molecule has 0 unspecified atom stereocenters. The highest BCUT2D eigenvalue weighted by Gasteiger charge is 2.28. The maximum absolute atomic E-state index is 12.9. The summed E-state index contributed by atoms with van der Waals surface area (Å²) >= 11 is 0. The van der Waals surface area contributed by atoms with Gasteiger partial charge in [-0.3, -0.25) is 0 Å². The third-order valence-electron chi connectivity index (χ3n) is 5.02. The summed E-state index contributed by atoms with van der Waals surface area (Å²) in [5, 5.41) is 7.82. The van der Waals surface area contributed by atoms with E-state index in [1.807, 2.05) is 39.0 Å². The average Bonchev–Trinajstić information content (AvgIpc) is 2.98. The lowest BCUT2D eigenvalue weighted by Gasteiger charge is -2.32. The van der Waals surface area contributed by atoms with E-state index in [4.69, 9.17) is 0 Å². The fourth-order valence-electron chi connectivity index (χ4n) is 3.71. The van der Waals surface area contributed by atoms with Crippen molar-refractivity contribution >= 4 is 6.03 Å². The molecule has 7 heteroatoms. The molecule has 0 saturated heterocycles. The zero-order valence-corrected chi connectivity index (χ0v) is 15.1. The number of aromatic nitrogens is 4. The number of benzene rings is 1. The minimum absolute atomic E-state index is 0.184. The van der Waals surface area contributed by atoms with E-state index in [0.717, 1.165) is 41.5 Å². The molecule has 1 aromatic carbocycles. The van der Waals surface area contributed by atoms with Crippen LogP contribution in [0.15, 0.2) is 23.0 Å². The SMILES string of the molecule is CCN(C(=O)n1nnn(-c2c(C)cccc2C)c1=O)C1CCCCC1. The zero-order valence-electron chi connectivity index (χ0n) is 15.1. The summed E-state index contributed by atoms with van der Waals surface area (Å²) in [7, 11) is 0. The molecule has 2 aromatic rings. The molecular formula is C18H25N5O2. The summed E-state index contributed by atoms with van der Waals surface area (Å²) in [6, 6.07) is 5.56. The van der Waals surface area contributed by atoms with E-state index in [9.17, 15) is 9.59 Å². The van der Waals surface area contributed by atoms with Crippen molar-refractivity contribution in [1.29, 1.82) is 0 Å². The Morgan fingerprint density at radius 3 is 2.40 bits per heavy atom. The lowest BCUT2D eigenvalue weighted by atomic mass is 9.94. The van der Waals surface area contributed by atoms with Gasteiger partial charge in [-0.05, 0) is 55.2 Å². The second-order valence-corrected chi connectivity index (χ2v) is 6.69. The molecule has 1 heterocycles. The first kappa shape index (κ1) is 17.4. The van der Waals surface area contributed by atoms with Crippen LogP contribution >= 0.6 is 0 Å². The van der Waals surface area contributed by atoms with Gasteiger partial charge in [0.05, 0.1) is 5.69 Å². The summed E-state index contributed by atoms with van der Waals surface area (Å²) in [5.74, 6) is 0. The van der Waals surface area contributed by atoms with Gasteiger partial charge in [-0.2, -0.15) is 4.68 Å². The molecule has 3 rings (SSSR count). The first-order valence-corrected chi connectivity index (χ1v) is 8.97. The molecule has 134 valence electrons. The normalized spacial score (nSPS) is 15.3. The van der Waals surface area contributed by atoms with Crippen LogP contribution in [0.25, 0.3) is 5.69 Å². The highest BCUT2D eigenvalue weighted by Crippen LogP contribution is 2.23. The summed E-state index contributed by atoms with van der Waals surface area (Å²) in [6.07, 6.45) is 5.43. The number of hydrogen-bond acceptors (Lipinski definition) is 4. The van der Waals surface area contributed by atoms with Crippen molar-refractivity contribution < 1.29 is 4.79 Å². The minimum atomic E-state index is -0.517. The van der Waals surface area contributed by atoms with Gasteiger partial charge in [-0.15, -0.1) is 4.68 Å². The molecule has 0 atom stereocenters. The van der Waals surface area contributed by atoms with Gasteiger partial charge in [0, 0.05) is 12.6 Å². The Bertz CT molecular complexity index is 797. The van der Waals surface area contributed by atoms with Crippen LogP contribution in [-0.2, 0) is 0 Å². The van der Waals surface area contributed by atoms with Crippen molar-refractivity contribution in [3.8, 4) is 5.69 Å². The number of hydrogen-bond donors (Lipinski definition) is 0. The second-order valence-electron chi connectivity index (χ2n) is 6.69. The van der Waals surface area contributed by atoms with E-state index in [0.29, 0.717) is 12.2 Å². The van der Waals surface area contributed by atoms with Gasteiger partial charge in [0.2, 0.25) is 0 Å². The Morgan fingerprint density at radius 2 is 1.80 bits per heavy atom. The maximum atomic E-state index is 12.9. The van der Waals surface area contributed by atoms with Gasteiger partial charge in [0.15, 0.2) is 0 Å². The summed E-state index contributed by atoms with van der Waals surface area (Å²) in [4.78, 5) is 27.4. The van der Waals surface area contributed by atoms with Crippen molar-refractivity contribution in [2.75, 3.05) is 6.54 Å².